The maximum Gasteiger partial charge on any atom is 0.0211 e. The summed E-state index contributed by atoms with van der Waals surface area (Å²) in [4.78, 5) is 0. The van der Waals surface area contributed by atoms with Gasteiger partial charge in [0, 0.05) is 22.6 Å². The lowest BCUT2D eigenvalue weighted by molar-refractivity contribution is 0.247. The molecular weight excluding hydrogens is 288 g/mol. The Hall–Kier alpha value is -0.380. The molecule has 18 heavy (non-hydrogen) atoms. The third-order valence-corrected chi connectivity index (χ3v) is 4.24. The monoisotopic (exact) mass is 310 g/mol. The number of piperidine rings is 1. The Morgan fingerprint density at radius 2 is 2.22 bits per heavy atom. The first-order valence-corrected chi connectivity index (χ1v) is 7.49. The zero-order chi connectivity index (χ0) is 13.2. The van der Waals surface area contributed by atoms with Crippen molar-refractivity contribution >= 4 is 15.9 Å². The molecule has 1 aliphatic heterocycles. The lowest BCUT2D eigenvalue weighted by atomic mass is 9.89. The lowest BCUT2D eigenvalue weighted by Gasteiger charge is -2.37. The molecule has 1 aromatic carbocycles. The third kappa shape index (κ3) is 3.81. The van der Waals surface area contributed by atoms with Crippen molar-refractivity contribution in [2.24, 2.45) is 0 Å². The van der Waals surface area contributed by atoms with E-state index in [1.807, 2.05) is 0 Å². The minimum atomic E-state index is 0.266. The molecule has 1 aromatic rings. The van der Waals surface area contributed by atoms with Gasteiger partial charge in [-0.3, -0.25) is 0 Å². The van der Waals surface area contributed by atoms with Gasteiger partial charge in [-0.15, -0.1) is 0 Å². The van der Waals surface area contributed by atoms with E-state index < -0.39 is 0 Å². The molecule has 2 rings (SSSR count). The number of hydrogen-bond donors (Lipinski definition) is 2. The Kier molecular flexibility index (Phi) is 4.46. The van der Waals surface area contributed by atoms with Crippen LogP contribution >= 0.6 is 15.9 Å². The fourth-order valence-corrected chi connectivity index (χ4v) is 3.04. The highest BCUT2D eigenvalue weighted by atomic mass is 79.9. The Labute approximate surface area is 119 Å². The molecule has 100 valence electrons. The minimum Gasteiger partial charge on any atom is -0.312 e. The lowest BCUT2D eigenvalue weighted by Crippen LogP contribution is -2.51. The van der Waals surface area contributed by atoms with Crippen molar-refractivity contribution in [3.05, 3.63) is 33.8 Å². The van der Waals surface area contributed by atoms with Crippen LogP contribution in [0.1, 0.15) is 37.8 Å². The second kappa shape index (κ2) is 5.72. The van der Waals surface area contributed by atoms with Crippen LogP contribution < -0.4 is 10.6 Å². The van der Waals surface area contributed by atoms with E-state index in [2.05, 4.69) is 65.5 Å². The maximum atomic E-state index is 3.70. The first kappa shape index (κ1) is 14.0. The van der Waals surface area contributed by atoms with Crippen LogP contribution in [-0.4, -0.2) is 18.1 Å². The van der Waals surface area contributed by atoms with E-state index in [0.717, 1.165) is 17.6 Å². The number of benzene rings is 1. The van der Waals surface area contributed by atoms with Gasteiger partial charge in [-0.05, 0) is 63.4 Å². The van der Waals surface area contributed by atoms with E-state index >= 15 is 0 Å². The second-order valence-corrected chi connectivity index (χ2v) is 6.87. The predicted octanol–water partition coefficient (Wildman–Crippen LogP) is 3.38. The highest BCUT2D eigenvalue weighted by molar-refractivity contribution is 9.10. The molecule has 0 aliphatic carbocycles. The number of rotatable bonds is 3. The molecule has 0 bridgehead atoms. The van der Waals surface area contributed by atoms with Crippen molar-refractivity contribution in [1.82, 2.24) is 10.6 Å². The standard InChI is InChI=1S/C15H23BrN2/c1-11-4-5-13(16)8-12(11)10-17-14-6-7-18-15(2,3)9-14/h4-5,8,14,17-18H,6-7,9-10H2,1-3H3. The molecule has 1 aliphatic rings. The first-order chi connectivity index (χ1) is 8.46. The molecule has 1 heterocycles. The van der Waals surface area contributed by atoms with E-state index in [1.165, 1.54) is 24.0 Å². The van der Waals surface area contributed by atoms with Gasteiger partial charge >= 0.3 is 0 Å². The Morgan fingerprint density at radius 3 is 2.94 bits per heavy atom. The van der Waals surface area contributed by atoms with E-state index in [0.29, 0.717) is 6.04 Å². The predicted molar refractivity (Wildman–Crippen MR) is 80.8 cm³/mol. The van der Waals surface area contributed by atoms with Gasteiger partial charge in [-0.1, -0.05) is 22.0 Å². The topological polar surface area (TPSA) is 24.1 Å². The fourth-order valence-electron chi connectivity index (χ4n) is 2.63. The molecule has 3 heteroatoms. The summed E-state index contributed by atoms with van der Waals surface area (Å²) >= 11 is 3.54. The summed E-state index contributed by atoms with van der Waals surface area (Å²) in [5, 5.41) is 7.26. The zero-order valence-corrected chi connectivity index (χ0v) is 13.1. The second-order valence-electron chi connectivity index (χ2n) is 5.95. The molecule has 1 unspecified atom stereocenters. The highest BCUT2D eigenvalue weighted by Gasteiger charge is 2.26. The average Bonchev–Trinajstić information content (AvgIpc) is 2.29. The first-order valence-electron chi connectivity index (χ1n) is 6.70. The van der Waals surface area contributed by atoms with Crippen LogP contribution in [0.2, 0.25) is 0 Å². The molecule has 0 amide bonds. The van der Waals surface area contributed by atoms with Gasteiger partial charge in [0.1, 0.15) is 0 Å². The van der Waals surface area contributed by atoms with Crippen molar-refractivity contribution in [3.8, 4) is 0 Å². The van der Waals surface area contributed by atoms with Crippen LogP contribution in [0.5, 0.6) is 0 Å². The van der Waals surface area contributed by atoms with Gasteiger partial charge in [0.05, 0.1) is 0 Å². The Bertz CT molecular complexity index is 415. The summed E-state index contributed by atoms with van der Waals surface area (Å²) in [5.74, 6) is 0. The molecular formula is C15H23BrN2. The Morgan fingerprint density at radius 1 is 1.44 bits per heavy atom. The molecule has 1 atom stereocenters. The van der Waals surface area contributed by atoms with Crippen molar-refractivity contribution in [3.63, 3.8) is 0 Å². The number of halogens is 1. The molecule has 0 radical (unpaired) electrons. The van der Waals surface area contributed by atoms with Gasteiger partial charge in [-0.2, -0.15) is 0 Å². The SMILES string of the molecule is Cc1ccc(Br)cc1CNC1CCNC(C)(C)C1. The molecule has 0 aromatic heterocycles. The van der Waals surface area contributed by atoms with Crippen LogP contribution in [0, 0.1) is 6.92 Å². The summed E-state index contributed by atoms with van der Waals surface area (Å²) in [6.07, 6.45) is 2.41. The van der Waals surface area contributed by atoms with Crippen LogP contribution in [0.3, 0.4) is 0 Å². The van der Waals surface area contributed by atoms with Gasteiger partial charge in [0.15, 0.2) is 0 Å². The fraction of sp³-hybridized carbons (Fsp3) is 0.600. The molecule has 0 spiro atoms. The van der Waals surface area contributed by atoms with Crippen molar-refractivity contribution in [2.75, 3.05) is 6.54 Å². The van der Waals surface area contributed by atoms with Crippen molar-refractivity contribution < 1.29 is 0 Å². The van der Waals surface area contributed by atoms with Crippen molar-refractivity contribution in [1.29, 1.82) is 0 Å². The van der Waals surface area contributed by atoms with Gasteiger partial charge < -0.3 is 10.6 Å². The van der Waals surface area contributed by atoms with E-state index in [4.69, 9.17) is 0 Å². The molecule has 1 fully saturated rings. The maximum absolute atomic E-state index is 3.70. The number of hydrogen-bond acceptors (Lipinski definition) is 2. The van der Waals surface area contributed by atoms with Gasteiger partial charge in [0.2, 0.25) is 0 Å². The van der Waals surface area contributed by atoms with Crippen molar-refractivity contribution in [2.45, 2.75) is 51.7 Å². The van der Waals surface area contributed by atoms with Gasteiger partial charge in [-0.25, -0.2) is 0 Å². The van der Waals surface area contributed by atoms with E-state index in [-0.39, 0.29) is 5.54 Å². The third-order valence-electron chi connectivity index (χ3n) is 3.75. The summed E-state index contributed by atoms with van der Waals surface area (Å²) < 4.78 is 1.16. The number of nitrogens with one attached hydrogen (secondary N) is 2. The minimum absolute atomic E-state index is 0.266. The molecule has 0 saturated carbocycles. The van der Waals surface area contributed by atoms with Crippen LogP contribution in [0.4, 0.5) is 0 Å². The van der Waals surface area contributed by atoms with Crippen LogP contribution in [0.25, 0.3) is 0 Å². The van der Waals surface area contributed by atoms with E-state index in [9.17, 15) is 0 Å². The average molecular weight is 311 g/mol. The molecule has 2 nitrogen and oxygen atoms in total. The van der Waals surface area contributed by atoms with Crippen LogP contribution in [-0.2, 0) is 6.54 Å². The van der Waals surface area contributed by atoms with Crippen LogP contribution in [0.15, 0.2) is 22.7 Å². The highest BCUT2D eigenvalue weighted by Crippen LogP contribution is 2.20. The van der Waals surface area contributed by atoms with E-state index in [1.54, 1.807) is 0 Å². The zero-order valence-electron chi connectivity index (χ0n) is 11.5. The summed E-state index contributed by atoms with van der Waals surface area (Å²) in [7, 11) is 0. The smallest absolute Gasteiger partial charge is 0.0211 e. The quantitative estimate of drug-likeness (QED) is 0.894. The number of aryl methyl sites for hydroxylation is 1. The summed E-state index contributed by atoms with van der Waals surface area (Å²) in [6.45, 7) is 8.82. The Balaban J connectivity index is 1.93. The summed E-state index contributed by atoms with van der Waals surface area (Å²) in [6, 6.07) is 7.12. The summed E-state index contributed by atoms with van der Waals surface area (Å²) in [5.41, 5.74) is 3.02. The normalized spacial score (nSPS) is 23.0. The molecule has 1 saturated heterocycles. The van der Waals surface area contributed by atoms with Gasteiger partial charge in [0.25, 0.3) is 0 Å². The molecule has 2 N–H and O–H groups in total. The largest absolute Gasteiger partial charge is 0.312 e.